The fraction of sp³-hybridized carbons (Fsp3) is 0.393. The van der Waals surface area contributed by atoms with E-state index in [1.54, 1.807) is 4.90 Å². The average molecular weight is 502 g/mol. The molecule has 1 amide bonds. The molecule has 3 N–H and O–H groups in total. The van der Waals surface area contributed by atoms with Crippen molar-refractivity contribution in [1.82, 2.24) is 15.2 Å². The number of fused-ring (bicyclic) bond motifs is 3. The molecule has 9 heteroatoms. The topological polar surface area (TPSA) is 112 Å². The largest absolute Gasteiger partial charge is 0.494 e. The van der Waals surface area contributed by atoms with Crippen molar-refractivity contribution in [3.63, 3.8) is 0 Å². The SMILES string of the molecule is CC(C)(C)OC(=O)N1CC2C(C1)C2NCCO/N=C1/C(c2c(O)[nH]c3ccccc23)=Nc2ccccc21. The van der Waals surface area contributed by atoms with Gasteiger partial charge >= 0.3 is 6.09 Å². The van der Waals surface area contributed by atoms with E-state index in [-0.39, 0.29) is 12.0 Å². The molecule has 6 rings (SSSR count). The summed E-state index contributed by atoms with van der Waals surface area (Å²) in [6.07, 6.45) is -0.229. The van der Waals surface area contributed by atoms with E-state index in [4.69, 9.17) is 14.6 Å². The summed E-state index contributed by atoms with van der Waals surface area (Å²) >= 11 is 0. The summed E-state index contributed by atoms with van der Waals surface area (Å²) in [5.41, 5.74) is 3.83. The second-order valence-corrected chi connectivity index (χ2v) is 10.8. The fourth-order valence-corrected chi connectivity index (χ4v) is 5.39. The third kappa shape index (κ3) is 4.44. The summed E-state index contributed by atoms with van der Waals surface area (Å²) < 4.78 is 5.48. The number of carbonyl (C=O) groups is 1. The lowest BCUT2D eigenvalue weighted by Crippen LogP contribution is -2.39. The molecule has 1 aromatic heterocycles. The average Bonchev–Trinajstić information content (AvgIpc) is 3.19. The minimum Gasteiger partial charge on any atom is -0.494 e. The molecule has 1 aliphatic carbocycles. The molecule has 2 unspecified atom stereocenters. The summed E-state index contributed by atoms with van der Waals surface area (Å²) in [5, 5.41) is 19.6. The number of likely N-dealkylation sites (tertiary alicyclic amines) is 1. The van der Waals surface area contributed by atoms with Gasteiger partial charge in [0.25, 0.3) is 0 Å². The monoisotopic (exact) mass is 501 g/mol. The van der Waals surface area contributed by atoms with Gasteiger partial charge in [0.15, 0.2) is 5.88 Å². The van der Waals surface area contributed by atoms with Gasteiger partial charge in [0.05, 0.1) is 11.3 Å². The number of aromatic amines is 1. The third-order valence-electron chi connectivity index (χ3n) is 7.11. The van der Waals surface area contributed by atoms with Crippen molar-refractivity contribution in [1.29, 1.82) is 0 Å². The second-order valence-electron chi connectivity index (χ2n) is 10.8. The Bertz CT molecular complexity index is 1410. The number of oxime groups is 1. The number of nitrogens with one attached hydrogen (secondary N) is 2. The number of para-hydroxylation sites is 2. The van der Waals surface area contributed by atoms with Crippen molar-refractivity contribution in [2.24, 2.45) is 22.0 Å². The van der Waals surface area contributed by atoms with Crippen LogP contribution >= 0.6 is 0 Å². The number of benzene rings is 2. The summed E-state index contributed by atoms with van der Waals surface area (Å²) in [6.45, 7) is 8.15. The summed E-state index contributed by atoms with van der Waals surface area (Å²) in [4.78, 5) is 27.6. The predicted octanol–water partition coefficient (Wildman–Crippen LogP) is 4.18. The van der Waals surface area contributed by atoms with Gasteiger partial charge in [-0.1, -0.05) is 41.6 Å². The highest BCUT2D eigenvalue weighted by atomic mass is 16.6. The minimum absolute atomic E-state index is 0.0582. The van der Waals surface area contributed by atoms with Crippen molar-refractivity contribution in [2.45, 2.75) is 32.4 Å². The van der Waals surface area contributed by atoms with Crippen LogP contribution in [0.15, 0.2) is 58.7 Å². The molecule has 9 nitrogen and oxygen atoms in total. The Morgan fingerprint density at radius 3 is 2.68 bits per heavy atom. The number of carbonyl (C=O) groups excluding carboxylic acids is 1. The Morgan fingerprint density at radius 1 is 1.16 bits per heavy atom. The van der Waals surface area contributed by atoms with E-state index in [0.717, 1.165) is 35.2 Å². The molecule has 2 aromatic carbocycles. The molecule has 3 heterocycles. The molecular formula is C28H31N5O4. The van der Waals surface area contributed by atoms with Crippen molar-refractivity contribution in [3.8, 4) is 5.88 Å². The first-order valence-electron chi connectivity index (χ1n) is 12.7. The highest BCUT2D eigenvalue weighted by Gasteiger charge is 2.56. The Balaban J connectivity index is 1.07. The van der Waals surface area contributed by atoms with Crippen LogP contribution in [0.2, 0.25) is 0 Å². The summed E-state index contributed by atoms with van der Waals surface area (Å²) in [5.74, 6) is 0.982. The van der Waals surface area contributed by atoms with Crippen LogP contribution in [0.25, 0.3) is 10.9 Å². The van der Waals surface area contributed by atoms with Crippen molar-refractivity contribution >= 4 is 34.1 Å². The first kappa shape index (κ1) is 23.5. The lowest BCUT2D eigenvalue weighted by Gasteiger charge is -2.26. The number of rotatable bonds is 6. The number of aromatic nitrogens is 1. The molecule has 192 valence electrons. The maximum absolute atomic E-state index is 12.3. The number of amides is 1. The van der Waals surface area contributed by atoms with E-state index >= 15 is 0 Å². The fourth-order valence-electron chi connectivity index (χ4n) is 5.39. The normalized spacial score (nSPS) is 23.2. The van der Waals surface area contributed by atoms with Crippen molar-refractivity contribution in [2.75, 3.05) is 26.2 Å². The summed E-state index contributed by atoms with van der Waals surface area (Å²) in [6, 6.07) is 15.9. The second kappa shape index (κ2) is 8.92. The van der Waals surface area contributed by atoms with Crippen LogP contribution in [0.1, 0.15) is 31.9 Å². The van der Waals surface area contributed by atoms with Gasteiger partial charge in [-0.15, -0.1) is 0 Å². The maximum Gasteiger partial charge on any atom is 0.410 e. The molecule has 0 bridgehead atoms. The van der Waals surface area contributed by atoms with Crippen molar-refractivity contribution < 1.29 is 19.5 Å². The van der Waals surface area contributed by atoms with Gasteiger partial charge in [0, 0.05) is 42.1 Å². The zero-order chi connectivity index (χ0) is 25.7. The molecule has 2 fully saturated rings. The Kier molecular flexibility index (Phi) is 5.67. The molecule has 0 radical (unpaired) electrons. The number of ether oxygens (including phenoxy) is 1. The lowest BCUT2D eigenvalue weighted by atomic mass is 10.0. The van der Waals surface area contributed by atoms with Gasteiger partial charge in [-0.05, 0) is 44.7 Å². The smallest absolute Gasteiger partial charge is 0.410 e. The van der Waals surface area contributed by atoms with Crippen LogP contribution in [-0.4, -0.2) is 70.4 Å². The Morgan fingerprint density at radius 2 is 1.89 bits per heavy atom. The summed E-state index contributed by atoms with van der Waals surface area (Å²) in [7, 11) is 0. The molecule has 3 aliphatic rings. The quantitative estimate of drug-likeness (QED) is 0.347. The highest BCUT2D eigenvalue weighted by molar-refractivity contribution is 6.58. The third-order valence-corrected chi connectivity index (χ3v) is 7.11. The number of nitrogens with zero attached hydrogens (tertiary/aromatic N) is 3. The number of aromatic hydroxyl groups is 1. The molecule has 1 saturated carbocycles. The number of piperidine rings is 1. The van der Waals surface area contributed by atoms with E-state index in [1.165, 1.54) is 0 Å². The number of hydrogen-bond donors (Lipinski definition) is 3. The number of aliphatic imine (C=N–C) groups is 1. The first-order chi connectivity index (χ1) is 17.8. The zero-order valence-electron chi connectivity index (χ0n) is 21.2. The lowest BCUT2D eigenvalue weighted by molar-refractivity contribution is 0.0268. The van der Waals surface area contributed by atoms with Crippen LogP contribution < -0.4 is 5.32 Å². The molecule has 2 atom stereocenters. The highest BCUT2D eigenvalue weighted by Crippen LogP contribution is 2.45. The van der Waals surface area contributed by atoms with Gasteiger partial charge in [0.1, 0.15) is 23.6 Å². The first-order valence-corrected chi connectivity index (χ1v) is 12.7. The number of hydrogen-bond acceptors (Lipinski definition) is 7. The van der Waals surface area contributed by atoms with E-state index in [0.29, 0.717) is 48.0 Å². The van der Waals surface area contributed by atoms with Crippen LogP contribution in [0, 0.1) is 11.8 Å². The van der Waals surface area contributed by atoms with Crippen LogP contribution in [0.4, 0.5) is 10.5 Å². The van der Waals surface area contributed by atoms with Gasteiger partial charge in [-0.2, -0.15) is 0 Å². The molecule has 0 spiro atoms. The van der Waals surface area contributed by atoms with Crippen LogP contribution in [0.3, 0.4) is 0 Å². The van der Waals surface area contributed by atoms with E-state index in [1.807, 2.05) is 69.3 Å². The van der Waals surface area contributed by atoms with Gasteiger partial charge < -0.3 is 29.9 Å². The van der Waals surface area contributed by atoms with E-state index in [9.17, 15) is 9.90 Å². The van der Waals surface area contributed by atoms with Crippen LogP contribution in [0.5, 0.6) is 5.88 Å². The number of H-pyrrole nitrogens is 1. The Labute approximate surface area is 215 Å². The minimum atomic E-state index is -0.474. The van der Waals surface area contributed by atoms with Crippen LogP contribution in [-0.2, 0) is 9.57 Å². The van der Waals surface area contributed by atoms with E-state index in [2.05, 4.69) is 15.5 Å². The zero-order valence-corrected chi connectivity index (χ0v) is 21.2. The van der Waals surface area contributed by atoms with Gasteiger partial charge in [-0.3, -0.25) is 0 Å². The molecule has 37 heavy (non-hydrogen) atoms. The maximum atomic E-state index is 12.3. The van der Waals surface area contributed by atoms with Gasteiger partial charge in [-0.25, -0.2) is 9.79 Å². The standard InChI is InChI=1S/C28H31N5O4/c1-28(2,3)37-27(35)33-14-18-19(15-33)23(18)29-12-13-36-32-24-17-9-5-7-11-21(17)30-25(24)22-16-8-4-6-10-20(16)31-26(22)34/h4-11,18-19,23,29,31,34H,12-15H2,1-3H3/b32-24+. The molecule has 1 saturated heterocycles. The molecular weight excluding hydrogens is 470 g/mol. The van der Waals surface area contributed by atoms with E-state index < -0.39 is 5.60 Å². The predicted molar refractivity (Wildman–Crippen MR) is 142 cm³/mol. The van der Waals surface area contributed by atoms with Crippen molar-refractivity contribution in [3.05, 3.63) is 59.7 Å². The Hall–Kier alpha value is -3.85. The molecule has 2 aliphatic heterocycles. The molecule has 3 aromatic rings. The van der Waals surface area contributed by atoms with Gasteiger partial charge in [0.2, 0.25) is 0 Å².